The number of hydrogen-bond donors (Lipinski definition) is 1. The number of sulfonamides is 1. The average Bonchev–Trinajstić information content (AvgIpc) is 2.86. The number of nitrogens with zero attached hydrogens (tertiary/aromatic N) is 2. The van der Waals surface area contributed by atoms with Gasteiger partial charge < -0.3 is 10.2 Å². The van der Waals surface area contributed by atoms with Gasteiger partial charge in [-0.05, 0) is 76.1 Å². The minimum atomic E-state index is -4.13. The van der Waals surface area contributed by atoms with E-state index in [1.165, 1.54) is 17.0 Å². The van der Waals surface area contributed by atoms with Crippen LogP contribution < -0.4 is 9.62 Å². The van der Waals surface area contributed by atoms with Crippen LogP contribution in [0.15, 0.2) is 77.7 Å². The van der Waals surface area contributed by atoms with Crippen molar-refractivity contribution in [2.45, 2.75) is 58.1 Å². The molecule has 0 aliphatic heterocycles. The topological polar surface area (TPSA) is 86.8 Å². The average molecular weight is 556 g/mol. The van der Waals surface area contributed by atoms with Crippen LogP contribution in [0, 0.1) is 13.8 Å². The predicted octanol–water partition coefficient (Wildman–Crippen LogP) is 5.09. The first-order valence-electron chi connectivity index (χ1n) is 12.4. The highest BCUT2D eigenvalue weighted by molar-refractivity contribution is 7.92. The number of rotatable bonds is 10. The van der Waals surface area contributed by atoms with Crippen LogP contribution in [0.3, 0.4) is 0 Å². The van der Waals surface area contributed by atoms with Gasteiger partial charge >= 0.3 is 0 Å². The SMILES string of the molecule is Cc1ccc(S(=O)(=O)N(CC(=O)N(Cc2ccccc2)[C@H](C)C(=O)NC(C)C)c2ccc(Cl)cc2C)cc1. The molecule has 0 fully saturated rings. The van der Waals surface area contributed by atoms with Gasteiger partial charge in [-0.1, -0.05) is 59.6 Å². The highest BCUT2D eigenvalue weighted by atomic mass is 35.5. The van der Waals surface area contributed by atoms with Crippen molar-refractivity contribution in [1.82, 2.24) is 10.2 Å². The number of hydrogen-bond acceptors (Lipinski definition) is 4. The summed E-state index contributed by atoms with van der Waals surface area (Å²) in [4.78, 5) is 28.3. The number of amides is 2. The third-order valence-electron chi connectivity index (χ3n) is 6.11. The monoisotopic (exact) mass is 555 g/mol. The third kappa shape index (κ3) is 7.14. The summed E-state index contributed by atoms with van der Waals surface area (Å²) in [5.41, 5.74) is 2.66. The van der Waals surface area contributed by atoms with Gasteiger partial charge in [-0.25, -0.2) is 8.42 Å². The molecule has 3 rings (SSSR count). The molecule has 3 aromatic carbocycles. The molecule has 1 N–H and O–H groups in total. The molecule has 3 aromatic rings. The lowest BCUT2D eigenvalue weighted by molar-refractivity contribution is -0.139. The van der Waals surface area contributed by atoms with Crippen LogP contribution in [0.1, 0.15) is 37.5 Å². The minimum absolute atomic E-state index is 0.0606. The van der Waals surface area contributed by atoms with Crippen molar-refractivity contribution in [1.29, 1.82) is 0 Å². The molecule has 0 aliphatic carbocycles. The van der Waals surface area contributed by atoms with Gasteiger partial charge in [0, 0.05) is 17.6 Å². The van der Waals surface area contributed by atoms with E-state index in [1.54, 1.807) is 44.2 Å². The maximum atomic E-state index is 13.9. The lowest BCUT2D eigenvalue weighted by Gasteiger charge is -2.32. The molecule has 2 amide bonds. The number of carbonyl (C=O) groups is 2. The van der Waals surface area contributed by atoms with E-state index in [2.05, 4.69) is 5.32 Å². The smallest absolute Gasteiger partial charge is 0.264 e. The van der Waals surface area contributed by atoms with E-state index in [9.17, 15) is 18.0 Å². The molecule has 0 bridgehead atoms. The van der Waals surface area contributed by atoms with E-state index < -0.39 is 28.5 Å². The molecule has 0 radical (unpaired) electrons. The molecule has 9 heteroatoms. The van der Waals surface area contributed by atoms with Crippen molar-refractivity contribution >= 4 is 39.1 Å². The van der Waals surface area contributed by atoms with E-state index in [1.807, 2.05) is 51.1 Å². The zero-order chi connectivity index (χ0) is 28.0. The second-order valence-electron chi connectivity index (χ2n) is 9.60. The highest BCUT2D eigenvalue weighted by Crippen LogP contribution is 2.29. The van der Waals surface area contributed by atoms with Crippen molar-refractivity contribution in [3.63, 3.8) is 0 Å². The number of nitrogens with one attached hydrogen (secondary N) is 1. The van der Waals surface area contributed by atoms with Crippen molar-refractivity contribution in [3.8, 4) is 0 Å². The summed E-state index contributed by atoms with van der Waals surface area (Å²) in [6.45, 7) is 8.58. The molecule has 0 saturated heterocycles. The summed E-state index contributed by atoms with van der Waals surface area (Å²) in [7, 11) is -4.13. The summed E-state index contributed by atoms with van der Waals surface area (Å²) in [5.74, 6) is -0.829. The van der Waals surface area contributed by atoms with Gasteiger partial charge in [0.25, 0.3) is 10.0 Å². The number of aryl methyl sites for hydroxylation is 2. The number of carbonyl (C=O) groups excluding carboxylic acids is 2. The Hall–Kier alpha value is -3.36. The minimum Gasteiger partial charge on any atom is -0.352 e. The summed E-state index contributed by atoms with van der Waals surface area (Å²) < 4.78 is 28.9. The fourth-order valence-corrected chi connectivity index (χ4v) is 5.72. The number of benzene rings is 3. The Morgan fingerprint density at radius 2 is 1.55 bits per heavy atom. The van der Waals surface area contributed by atoms with E-state index in [0.29, 0.717) is 16.3 Å². The molecule has 0 aromatic heterocycles. The van der Waals surface area contributed by atoms with Crippen LogP contribution in [0.4, 0.5) is 5.69 Å². The summed E-state index contributed by atoms with van der Waals surface area (Å²) in [6, 6.07) is 19.6. The van der Waals surface area contributed by atoms with E-state index in [-0.39, 0.29) is 23.4 Å². The van der Waals surface area contributed by atoms with Crippen LogP contribution in [0.2, 0.25) is 5.02 Å². The first kappa shape index (κ1) is 29.2. The van der Waals surface area contributed by atoms with Gasteiger partial charge in [0.15, 0.2) is 0 Å². The second-order valence-corrected chi connectivity index (χ2v) is 11.9. The molecular weight excluding hydrogens is 522 g/mol. The molecule has 0 heterocycles. The zero-order valence-electron chi connectivity index (χ0n) is 22.3. The third-order valence-corrected chi connectivity index (χ3v) is 8.12. The molecule has 7 nitrogen and oxygen atoms in total. The fraction of sp³-hybridized carbons (Fsp3) is 0.310. The Morgan fingerprint density at radius 3 is 2.13 bits per heavy atom. The molecule has 1 atom stereocenters. The highest BCUT2D eigenvalue weighted by Gasteiger charge is 2.33. The normalized spacial score (nSPS) is 12.2. The maximum absolute atomic E-state index is 13.9. The van der Waals surface area contributed by atoms with Crippen molar-refractivity contribution < 1.29 is 18.0 Å². The van der Waals surface area contributed by atoms with Crippen molar-refractivity contribution in [2.75, 3.05) is 10.8 Å². The van der Waals surface area contributed by atoms with E-state index in [0.717, 1.165) is 15.4 Å². The second kappa shape index (κ2) is 12.5. The zero-order valence-corrected chi connectivity index (χ0v) is 23.9. The number of anilines is 1. The Balaban J connectivity index is 2.05. The van der Waals surface area contributed by atoms with Gasteiger partial charge in [-0.15, -0.1) is 0 Å². The fourth-order valence-electron chi connectivity index (χ4n) is 4.02. The van der Waals surface area contributed by atoms with Crippen LogP contribution >= 0.6 is 11.6 Å². The lowest BCUT2D eigenvalue weighted by Crippen LogP contribution is -2.52. The van der Waals surface area contributed by atoms with Crippen LogP contribution in [0.5, 0.6) is 0 Å². The quantitative estimate of drug-likeness (QED) is 0.377. The predicted molar refractivity (Wildman–Crippen MR) is 152 cm³/mol. The van der Waals surface area contributed by atoms with Gasteiger partial charge in [-0.3, -0.25) is 13.9 Å². The largest absolute Gasteiger partial charge is 0.352 e. The van der Waals surface area contributed by atoms with Gasteiger partial charge in [0.05, 0.1) is 10.6 Å². The Labute approximate surface area is 230 Å². The van der Waals surface area contributed by atoms with E-state index >= 15 is 0 Å². The molecular formula is C29H34ClN3O4S. The van der Waals surface area contributed by atoms with Gasteiger partial charge in [0.1, 0.15) is 12.6 Å². The first-order valence-corrected chi connectivity index (χ1v) is 14.2. The summed E-state index contributed by atoms with van der Waals surface area (Å²) in [6.07, 6.45) is 0. The standard InChI is InChI=1S/C29H34ClN3O4S/c1-20(2)31-29(35)23(5)32(18-24-9-7-6-8-10-24)28(34)19-33(27-16-13-25(30)17-22(27)4)38(36,37)26-14-11-21(3)12-15-26/h6-17,20,23H,18-19H2,1-5H3,(H,31,35)/t23-/m1/s1. The first-order chi connectivity index (χ1) is 17.9. The van der Waals surface area contributed by atoms with Gasteiger partial charge in [0.2, 0.25) is 11.8 Å². The Kier molecular flexibility index (Phi) is 9.57. The van der Waals surface area contributed by atoms with Crippen LogP contribution in [-0.4, -0.2) is 43.8 Å². The van der Waals surface area contributed by atoms with Gasteiger partial charge in [-0.2, -0.15) is 0 Å². The molecule has 0 unspecified atom stereocenters. The summed E-state index contributed by atoms with van der Waals surface area (Å²) in [5, 5.41) is 3.30. The lowest BCUT2D eigenvalue weighted by atomic mass is 10.1. The summed E-state index contributed by atoms with van der Waals surface area (Å²) >= 11 is 6.15. The maximum Gasteiger partial charge on any atom is 0.264 e. The molecule has 202 valence electrons. The van der Waals surface area contributed by atoms with Crippen LogP contribution in [-0.2, 0) is 26.2 Å². The molecule has 0 saturated carbocycles. The molecule has 0 spiro atoms. The van der Waals surface area contributed by atoms with Crippen molar-refractivity contribution in [3.05, 3.63) is 94.5 Å². The molecule has 38 heavy (non-hydrogen) atoms. The Bertz CT molecular complexity index is 1380. The Morgan fingerprint density at radius 1 is 0.921 bits per heavy atom. The van der Waals surface area contributed by atoms with Crippen molar-refractivity contribution in [2.24, 2.45) is 0 Å². The number of halogens is 1. The van der Waals surface area contributed by atoms with Crippen LogP contribution in [0.25, 0.3) is 0 Å². The van der Waals surface area contributed by atoms with E-state index in [4.69, 9.17) is 11.6 Å². The molecule has 0 aliphatic rings.